The first kappa shape index (κ1) is 15.7. The van der Waals surface area contributed by atoms with Crippen LogP contribution in [0, 0.1) is 5.82 Å². The average molecular weight is 376 g/mol. The van der Waals surface area contributed by atoms with Gasteiger partial charge in [-0.1, -0.05) is 28.1 Å². The van der Waals surface area contributed by atoms with Crippen LogP contribution in [0.5, 0.6) is 11.6 Å². The van der Waals surface area contributed by atoms with E-state index in [1.54, 1.807) is 25.3 Å². The fourth-order valence-corrected chi connectivity index (χ4v) is 2.91. The van der Waals surface area contributed by atoms with Gasteiger partial charge in [-0.05, 0) is 35.9 Å². The van der Waals surface area contributed by atoms with E-state index in [0.29, 0.717) is 17.9 Å². The number of nitrogens with zero attached hydrogens (tertiary/aromatic N) is 1. The molecule has 0 saturated carbocycles. The molecular formula is C18H15BrFNO2. The molecule has 0 aliphatic heterocycles. The van der Waals surface area contributed by atoms with Gasteiger partial charge in [0.05, 0.1) is 19.7 Å². The third kappa shape index (κ3) is 3.15. The summed E-state index contributed by atoms with van der Waals surface area (Å²) in [5.74, 6) is 0.381. The van der Waals surface area contributed by atoms with Gasteiger partial charge < -0.3 is 9.47 Å². The Kier molecular flexibility index (Phi) is 4.48. The van der Waals surface area contributed by atoms with Crippen LogP contribution in [0.4, 0.5) is 4.39 Å². The molecule has 0 spiro atoms. The van der Waals surface area contributed by atoms with Gasteiger partial charge in [-0.15, -0.1) is 0 Å². The highest BCUT2D eigenvalue weighted by Crippen LogP contribution is 2.29. The molecule has 0 atom stereocenters. The topological polar surface area (TPSA) is 31.4 Å². The number of rotatable bonds is 4. The smallest absolute Gasteiger partial charge is 0.217 e. The van der Waals surface area contributed by atoms with Crippen LogP contribution >= 0.6 is 15.9 Å². The van der Waals surface area contributed by atoms with E-state index in [1.165, 1.54) is 7.11 Å². The maximum Gasteiger partial charge on any atom is 0.217 e. The van der Waals surface area contributed by atoms with E-state index in [4.69, 9.17) is 9.47 Å². The quantitative estimate of drug-likeness (QED) is 0.659. The normalized spacial score (nSPS) is 10.8. The molecule has 2 aromatic carbocycles. The highest BCUT2D eigenvalue weighted by Gasteiger charge is 2.13. The Labute approximate surface area is 142 Å². The van der Waals surface area contributed by atoms with Gasteiger partial charge in [-0.2, -0.15) is 0 Å². The zero-order valence-electron chi connectivity index (χ0n) is 12.8. The van der Waals surface area contributed by atoms with Gasteiger partial charge in [0.2, 0.25) is 5.88 Å². The molecule has 3 nitrogen and oxygen atoms in total. The van der Waals surface area contributed by atoms with Gasteiger partial charge in [0, 0.05) is 21.8 Å². The molecular weight excluding hydrogens is 361 g/mol. The Balaban J connectivity index is 2.08. The molecule has 23 heavy (non-hydrogen) atoms. The predicted octanol–water partition coefficient (Wildman–Crippen LogP) is 4.74. The van der Waals surface area contributed by atoms with Gasteiger partial charge in [-0.3, -0.25) is 0 Å². The summed E-state index contributed by atoms with van der Waals surface area (Å²) in [6.45, 7) is 0. The number of halogens is 2. The van der Waals surface area contributed by atoms with Crippen molar-refractivity contribution < 1.29 is 13.9 Å². The van der Waals surface area contributed by atoms with Crippen molar-refractivity contribution in [2.75, 3.05) is 14.2 Å². The first-order chi connectivity index (χ1) is 11.1. The van der Waals surface area contributed by atoms with Crippen molar-refractivity contribution in [3.8, 4) is 11.6 Å². The van der Waals surface area contributed by atoms with Gasteiger partial charge in [-0.25, -0.2) is 9.37 Å². The highest BCUT2D eigenvalue weighted by molar-refractivity contribution is 9.10. The zero-order chi connectivity index (χ0) is 16.4. The van der Waals surface area contributed by atoms with E-state index in [1.807, 2.05) is 24.3 Å². The number of methoxy groups -OCH3 is 2. The second-order valence-electron chi connectivity index (χ2n) is 5.10. The average Bonchev–Trinajstić information content (AvgIpc) is 2.56. The summed E-state index contributed by atoms with van der Waals surface area (Å²) in [5.41, 5.74) is 2.20. The van der Waals surface area contributed by atoms with Crippen molar-refractivity contribution >= 4 is 26.8 Å². The third-order valence-electron chi connectivity index (χ3n) is 3.65. The molecule has 0 aliphatic rings. The SMILES string of the molecule is COc1cccc(Cc2cc3cc(Br)ccc3nc2OC)c1F. The molecule has 0 amide bonds. The van der Waals surface area contributed by atoms with Crippen molar-refractivity contribution in [1.82, 2.24) is 4.98 Å². The number of hydrogen-bond donors (Lipinski definition) is 0. The summed E-state index contributed by atoms with van der Waals surface area (Å²) < 4.78 is 25.8. The van der Waals surface area contributed by atoms with Crippen LogP contribution in [0.1, 0.15) is 11.1 Å². The number of ether oxygens (including phenoxy) is 2. The zero-order valence-corrected chi connectivity index (χ0v) is 14.4. The van der Waals surface area contributed by atoms with Crippen molar-refractivity contribution in [1.29, 1.82) is 0 Å². The lowest BCUT2D eigenvalue weighted by atomic mass is 10.0. The summed E-state index contributed by atoms with van der Waals surface area (Å²) in [4.78, 5) is 4.51. The third-order valence-corrected chi connectivity index (χ3v) is 4.15. The molecule has 3 rings (SSSR count). The van der Waals surface area contributed by atoms with E-state index in [2.05, 4.69) is 20.9 Å². The van der Waals surface area contributed by atoms with Crippen molar-refractivity contribution in [2.24, 2.45) is 0 Å². The van der Waals surface area contributed by atoms with Crippen molar-refractivity contribution in [2.45, 2.75) is 6.42 Å². The Morgan fingerprint density at radius 2 is 1.87 bits per heavy atom. The van der Waals surface area contributed by atoms with Crippen LogP contribution in [0.15, 0.2) is 46.9 Å². The van der Waals surface area contributed by atoms with E-state index in [-0.39, 0.29) is 11.6 Å². The number of benzene rings is 2. The minimum atomic E-state index is -0.355. The summed E-state index contributed by atoms with van der Waals surface area (Å²) in [7, 11) is 3.02. The van der Waals surface area contributed by atoms with E-state index in [0.717, 1.165) is 20.9 Å². The second-order valence-corrected chi connectivity index (χ2v) is 6.02. The maximum absolute atomic E-state index is 14.4. The first-order valence-corrected chi connectivity index (χ1v) is 7.86. The summed E-state index contributed by atoms with van der Waals surface area (Å²) in [6.07, 6.45) is 0.377. The molecule has 1 aromatic heterocycles. The Hall–Kier alpha value is -2.14. The van der Waals surface area contributed by atoms with Crippen molar-refractivity contribution in [3.05, 3.63) is 63.9 Å². The highest BCUT2D eigenvalue weighted by atomic mass is 79.9. The van der Waals surface area contributed by atoms with E-state index in [9.17, 15) is 4.39 Å². The number of pyridine rings is 1. The molecule has 0 saturated heterocycles. The fourth-order valence-electron chi connectivity index (χ4n) is 2.53. The molecule has 0 fully saturated rings. The Bertz CT molecular complexity index is 867. The van der Waals surface area contributed by atoms with Gasteiger partial charge in [0.25, 0.3) is 0 Å². The predicted molar refractivity (Wildman–Crippen MR) is 91.8 cm³/mol. The molecule has 1 heterocycles. The fraction of sp³-hybridized carbons (Fsp3) is 0.167. The molecule has 3 aromatic rings. The number of fused-ring (bicyclic) bond motifs is 1. The monoisotopic (exact) mass is 375 g/mol. The van der Waals surface area contributed by atoms with Crippen molar-refractivity contribution in [3.63, 3.8) is 0 Å². The first-order valence-electron chi connectivity index (χ1n) is 7.07. The van der Waals surface area contributed by atoms with Crippen LogP contribution in [0.3, 0.4) is 0 Å². The molecule has 5 heteroatoms. The van der Waals surface area contributed by atoms with Crippen LogP contribution in [0.25, 0.3) is 10.9 Å². The molecule has 0 unspecified atom stereocenters. The lowest BCUT2D eigenvalue weighted by Crippen LogP contribution is -2.00. The van der Waals surface area contributed by atoms with E-state index < -0.39 is 0 Å². The van der Waals surface area contributed by atoms with Crippen LogP contribution in [-0.2, 0) is 6.42 Å². The van der Waals surface area contributed by atoms with Gasteiger partial charge >= 0.3 is 0 Å². The summed E-state index contributed by atoms with van der Waals surface area (Å²) in [5, 5.41) is 0.971. The van der Waals surface area contributed by atoms with Crippen LogP contribution in [0.2, 0.25) is 0 Å². The number of hydrogen-bond acceptors (Lipinski definition) is 3. The minimum Gasteiger partial charge on any atom is -0.494 e. The lowest BCUT2D eigenvalue weighted by Gasteiger charge is -2.11. The summed E-state index contributed by atoms with van der Waals surface area (Å²) in [6, 6.07) is 12.9. The lowest BCUT2D eigenvalue weighted by molar-refractivity contribution is 0.383. The van der Waals surface area contributed by atoms with Crippen LogP contribution in [-0.4, -0.2) is 19.2 Å². The largest absolute Gasteiger partial charge is 0.494 e. The number of aromatic nitrogens is 1. The Morgan fingerprint density at radius 3 is 2.61 bits per heavy atom. The molecule has 0 bridgehead atoms. The molecule has 0 aliphatic carbocycles. The van der Waals surface area contributed by atoms with Crippen LogP contribution < -0.4 is 9.47 Å². The van der Waals surface area contributed by atoms with E-state index >= 15 is 0 Å². The maximum atomic E-state index is 14.4. The minimum absolute atomic E-state index is 0.234. The molecule has 118 valence electrons. The Morgan fingerprint density at radius 1 is 1.04 bits per heavy atom. The molecule has 0 N–H and O–H groups in total. The van der Waals surface area contributed by atoms with Gasteiger partial charge in [0.1, 0.15) is 0 Å². The van der Waals surface area contributed by atoms with Gasteiger partial charge in [0.15, 0.2) is 11.6 Å². The second kappa shape index (κ2) is 6.54. The summed E-state index contributed by atoms with van der Waals surface area (Å²) >= 11 is 3.45. The standard InChI is InChI=1S/C18H15BrFNO2/c1-22-16-5-3-4-11(17(16)20)8-13-9-12-10-14(19)6-7-15(12)21-18(13)23-2/h3-7,9-10H,8H2,1-2H3. The molecule has 0 radical (unpaired) electrons.